The van der Waals surface area contributed by atoms with E-state index < -0.39 is 5.97 Å². The fourth-order valence-electron chi connectivity index (χ4n) is 5.06. The first-order valence-corrected chi connectivity index (χ1v) is 12.5. The number of benzene rings is 2. The highest BCUT2D eigenvalue weighted by atomic mass is 35.5. The number of phenols is 1. The third-order valence-electron chi connectivity index (χ3n) is 6.78. The Morgan fingerprint density at radius 2 is 1.84 bits per heavy atom. The molecule has 0 spiro atoms. The van der Waals surface area contributed by atoms with Crippen LogP contribution in [0, 0.1) is 20.8 Å². The Morgan fingerprint density at radius 1 is 1.05 bits per heavy atom. The Balaban J connectivity index is 1.72. The van der Waals surface area contributed by atoms with Gasteiger partial charge >= 0.3 is 5.97 Å². The number of thiocarbonyl (C=S) groups is 1. The highest BCUT2D eigenvalue weighted by Crippen LogP contribution is 2.46. The van der Waals surface area contributed by atoms with Gasteiger partial charge in [-0.15, -0.1) is 0 Å². The van der Waals surface area contributed by atoms with Crippen LogP contribution in [0.5, 0.6) is 5.75 Å². The molecule has 1 saturated heterocycles. The number of aromatic carboxylic acids is 1. The molecule has 1 aliphatic rings. The molecule has 0 bridgehead atoms. The number of rotatable bonds is 5. The summed E-state index contributed by atoms with van der Waals surface area (Å²) in [7, 11) is 0. The molecule has 188 valence electrons. The second kappa shape index (κ2) is 9.53. The van der Waals surface area contributed by atoms with E-state index in [-0.39, 0.29) is 23.4 Å². The molecule has 0 amide bonds. The third kappa shape index (κ3) is 4.32. The van der Waals surface area contributed by atoms with Crippen molar-refractivity contribution in [1.82, 2.24) is 14.9 Å². The molecule has 2 aromatic carbocycles. The van der Waals surface area contributed by atoms with Crippen LogP contribution in [-0.2, 0) is 0 Å². The van der Waals surface area contributed by atoms with Gasteiger partial charge in [-0.2, -0.15) is 0 Å². The number of carbonyl (C=O) groups is 1. The number of halogens is 1. The molecule has 0 aliphatic carbocycles. The number of aromatic hydroxyl groups is 1. The van der Waals surface area contributed by atoms with Crippen molar-refractivity contribution in [3.63, 3.8) is 0 Å². The molecule has 7 nitrogen and oxygen atoms in total. The Kier molecular flexibility index (Phi) is 6.39. The van der Waals surface area contributed by atoms with Crippen LogP contribution in [0.15, 0.2) is 66.9 Å². The van der Waals surface area contributed by atoms with Crippen LogP contribution in [0.1, 0.15) is 50.7 Å². The summed E-state index contributed by atoms with van der Waals surface area (Å²) >= 11 is 12.1. The molecule has 0 saturated carbocycles. The Hall–Kier alpha value is -3.88. The summed E-state index contributed by atoms with van der Waals surface area (Å²) in [5.74, 6) is -0.925. The summed E-state index contributed by atoms with van der Waals surface area (Å²) in [5.41, 5.74) is 6.06. The minimum Gasteiger partial charge on any atom is -0.506 e. The molecule has 2 aromatic heterocycles. The fourth-order valence-corrected chi connectivity index (χ4v) is 5.57. The first-order chi connectivity index (χ1) is 17.7. The van der Waals surface area contributed by atoms with Crippen molar-refractivity contribution in [3.05, 3.63) is 106 Å². The van der Waals surface area contributed by atoms with Gasteiger partial charge in [0.05, 0.1) is 29.0 Å². The zero-order valence-electron chi connectivity index (χ0n) is 20.4. The summed E-state index contributed by atoms with van der Waals surface area (Å²) < 4.78 is 2.06. The van der Waals surface area contributed by atoms with E-state index in [4.69, 9.17) is 23.8 Å². The number of aromatic nitrogens is 2. The lowest BCUT2D eigenvalue weighted by Crippen LogP contribution is -2.29. The smallest absolute Gasteiger partial charge is 0.335 e. The third-order valence-corrected chi connectivity index (χ3v) is 7.33. The molecular weight excluding hydrogens is 508 g/mol. The SMILES string of the molecule is Cc1ccc(C(=O)O)cc1-n1c(C)cc([C@@H]2[C@H](c3ccccn3)NC(=S)N2c2cc(Cl)ccc2O)c1C. The van der Waals surface area contributed by atoms with Crippen LogP contribution in [0.2, 0.25) is 5.02 Å². The maximum atomic E-state index is 11.7. The van der Waals surface area contributed by atoms with Gasteiger partial charge in [-0.1, -0.05) is 23.7 Å². The second-order valence-electron chi connectivity index (χ2n) is 9.10. The van der Waals surface area contributed by atoms with E-state index in [2.05, 4.69) is 20.9 Å². The van der Waals surface area contributed by atoms with E-state index in [0.717, 1.165) is 33.9 Å². The van der Waals surface area contributed by atoms with Crippen LogP contribution in [-0.4, -0.2) is 30.8 Å². The predicted molar refractivity (Wildman–Crippen MR) is 148 cm³/mol. The lowest BCUT2D eigenvalue weighted by atomic mass is 9.96. The molecule has 0 radical (unpaired) electrons. The molecular formula is C28H25ClN4O3S. The Bertz CT molecular complexity index is 1540. The van der Waals surface area contributed by atoms with E-state index in [1.165, 1.54) is 0 Å². The van der Waals surface area contributed by atoms with Crippen LogP contribution < -0.4 is 10.2 Å². The molecule has 2 atom stereocenters. The van der Waals surface area contributed by atoms with Crippen molar-refractivity contribution >= 4 is 40.6 Å². The van der Waals surface area contributed by atoms with E-state index in [0.29, 0.717) is 15.8 Å². The van der Waals surface area contributed by atoms with Crippen LogP contribution in [0.25, 0.3) is 5.69 Å². The lowest BCUT2D eigenvalue weighted by Gasteiger charge is -2.29. The number of carboxylic acid groups (broad SMARTS) is 1. The largest absolute Gasteiger partial charge is 0.506 e. The number of nitrogens with one attached hydrogen (secondary N) is 1. The first kappa shape index (κ1) is 24.8. The monoisotopic (exact) mass is 532 g/mol. The van der Waals surface area contributed by atoms with Gasteiger partial charge in [0.2, 0.25) is 0 Å². The minimum absolute atomic E-state index is 0.0547. The highest BCUT2D eigenvalue weighted by Gasteiger charge is 2.43. The summed E-state index contributed by atoms with van der Waals surface area (Å²) in [6.07, 6.45) is 1.74. The number of carboxylic acids is 1. The summed E-state index contributed by atoms with van der Waals surface area (Å²) in [6, 6.07) is 17.1. The molecule has 1 aliphatic heterocycles. The number of aryl methyl sites for hydroxylation is 2. The lowest BCUT2D eigenvalue weighted by molar-refractivity contribution is 0.0697. The van der Waals surface area contributed by atoms with Gasteiger partial charge in [0.15, 0.2) is 5.11 Å². The van der Waals surface area contributed by atoms with Gasteiger partial charge in [0.1, 0.15) is 5.75 Å². The maximum absolute atomic E-state index is 11.7. The molecule has 4 aromatic rings. The molecule has 9 heteroatoms. The van der Waals surface area contributed by atoms with Crippen LogP contribution in [0.4, 0.5) is 5.69 Å². The van der Waals surface area contributed by atoms with E-state index >= 15 is 0 Å². The number of nitrogens with zero attached hydrogens (tertiary/aromatic N) is 3. The normalized spacial score (nSPS) is 17.2. The van der Waals surface area contributed by atoms with Crippen LogP contribution >= 0.6 is 23.8 Å². The zero-order valence-corrected chi connectivity index (χ0v) is 22.0. The van der Waals surface area contributed by atoms with Gasteiger partial charge in [0, 0.05) is 28.3 Å². The van der Waals surface area contributed by atoms with E-state index in [9.17, 15) is 15.0 Å². The quantitative estimate of drug-likeness (QED) is 0.270. The molecule has 3 N–H and O–H groups in total. The van der Waals surface area contributed by atoms with Gasteiger partial charge in [0.25, 0.3) is 0 Å². The number of hydrogen-bond donors (Lipinski definition) is 3. The summed E-state index contributed by atoms with van der Waals surface area (Å²) in [4.78, 5) is 18.2. The fraction of sp³-hybridized carbons (Fsp3) is 0.179. The van der Waals surface area contributed by atoms with Gasteiger partial charge in [-0.3, -0.25) is 4.98 Å². The first-order valence-electron chi connectivity index (χ1n) is 11.7. The maximum Gasteiger partial charge on any atom is 0.335 e. The van der Waals surface area contributed by atoms with Gasteiger partial charge < -0.3 is 25.0 Å². The number of phenolic OH excluding ortho intramolecular Hbond substituents is 1. The number of anilines is 1. The van der Waals surface area contributed by atoms with Crippen LogP contribution in [0.3, 0.4) is 0 Å². The van der Waals surface area contributed by atoms with Crippen molar-refractivity contribution in [1.29, 1.82) is 0 Å². The molecule has 37 heavy (non-hydrogen) atoms. The highest BCUT2D eigenvalue weighted by molar-refractivity contribution is 7.80. The summed E-state index contributed by atoms with van der Waals surface area (Å²) in [5, 5.41) is 24.7. The average Bonchev–Trinajstić information content (AvgIpc) is 3.36. The van der Waals surface area contributed by atoms with Crippen molar-refractivity contribution in [2.24, 2.45) is 0 Å². The second-order valence-corrected chi connectivity index (χ2v) is 9.92. The standard InChI is InChI=1S/C28H25ClN4O3S/c1-15-7-8-18(27(35)36)13-22(15)32-16(2)12-20(17(32)3)26-25(21-6-4-5-11-30-21)31-28(37)33(26)23-14-19(29)9-10-24(23)34/h4-14,25-26,34H,1-3H3,(H,31,37)(H,35,36)/t25-,26+/m0/s1. The van der Waals surface area contributed by atoms with Gasteiger partial charge in [-0.25, -0.2) is 4.79 Å². The molecule has 1 fully saturated rings. The number of hydrogen-bond acceptors (Lipinski definition) is 4. The number of pyridine rings is 1. The van der Waals surface area contributed by atoms with Crippen molar-refractivity contribution in [2.75, 3.05) is 4.90 Å². The summed E-state index contributed by atoms with van der Waals surface area (Å²) in [6.45, 7) is 5.95. The Labute approximate surface area is 225 Å². The van der Waals surface area contributed by atoms with E-state index in [1.807, 2.05) is 49.9 Å². The van der Waals surface area contributed by atoms with Crippen molar-refractivity contribution in [3.8, 4) is 11.4 Å². The van der Waals surface area contributed by atoms with Crippen molar-refractivity contribution in [2.45, 2.75) is 32.9 Å². The van der Waals surface area contributed by atoms with E-state index in [1.54, 1.807) is 36.5 Å². The molecule has 0 unspecified atom stereocenters. The predicted octanol–water partition coefficient (Wildman–Crippen LogP) is 6.03. The zero-order chi connectivity index (χ0) is 26.4. The Morgan fingerprint density at radius 3 is 2.54 bits per heavy atom. The molecule has 3 heterocycles. The molecule has 5 rings (SSSR count). The topological polar surface area (TPSA) is 90.6 Å². The average molecular weight is 533 g/mol. The van der Waals surface area contributed by atoms with Crippen molar-refractivity contribution < 1.29 is 15.0 Å². The van der Waals surface area contributed by atoms with Gasteiger partial charge in [-0.05, 0) is 92.6 Å². The minimum atomic E-state index is -0.980.